The van der Waals surface area contributed by atoms with E-state index in [4.69, 9.17) is 4.42 Å². The lowest BCUT2D eigenvalue weighted by Crippen LogP contribution is -2.46. The van der Waals surface area contributed by atoms with Gasteiger partial charge in [0.05, 0.1) is 44.0 Å². The van der Waals surface area contributed by atoms with Crippen LogP contribution in [0.3, 0.4) is 0 Å². The van der Waals surface area contributed by atoms with Crippen molar-refractivity contribution >= 4 is 99.7 Å². The summed E-state index contributed by atoms with van der Waals surface area (Å²) in [5, 5.41) is 1.66. The number of likely N-dealkylation sites (N-methyl/N-ethyl adjacent to an activating group) is 6. The molecule has 0 atom stereocenters. The van der Waals surface area contributed by atoms with Gasteiger partial charge in [0.2, 0.25) is 5.43 Å². The van der Waals surface area contributed by atoms with Crippen molar-refractivity contribution in [1.82, 2.24) is 29.4 Å². The van der Waals surface area contributed by atoms with Crippen LogP contribution in [-0.4, -0.2) is 193 Å². The van der Waals surface area contributed by atoms with E-state index >= 15 is 0 Å². The molecule has 0 amide bonds. The van der Waals surface area contributed by atoms with E-state index in [1.807, 2.05) is 172 Å². The summed E-state index contributed by atoms with van der Waals surface area (Å²) in [6, 6.07) is 29.8. The molecule has 0 saturated heterocycles. The SMILES string of the molecule is CN(C)C(C)(C)C(=O)c1ccc2c(c1)C(=O)c1cc(C(=O)C(C)(C)N(C)C)ccc1C2=O.CN(C)C(C)(C)C(=O)c1ccc2oc3ccc(C(=O)C(C)(C)N(C)C)cc3c(=O)c2c1.CN(C)C(C)(C)C(=O)c1ccc2sc3ccc(C(=O)C(C)(C)N(C)C)cc3c(=O)c2c1. The van der Waals surface area contributed by atoms with Gasteiger partial charge in [-0.3, -0.25) is 77.3 Å². The molecule has 1 aliphatic rings. The molecule has 8 aromatic rings. The van der Waals surface area contributed by atoms with Gasteiger partial charge in [0.1, 0.15) is 11.2 Å². The summed E-state index contributed by atoms with van der Waals surface area (Å²) in [5.74, 6) is -1.19. The quantitative estimate of drug-likeness (QED) is 0.0579. The molecule has 0 unspecified atom stereocenters. The van der Waals surface area contributed by atoms with E-state index in [0.29, 0.717) is 66.1 Å². The van der Waals surface area contributed by atoms with Crippen LogP contribution in [0.4, 0.5) is 0 Å². The minimum Gasteiger partial charge on any atom is -0.456 e. The van der Waals surface area contributed by atoms with Crippen molar-refractivity contribution in [2.45, 2.75) is 116 Å². The molecule has 1 aliphatic carbocycles. The predicted octanol–water partition coefficient (Wildman–Crippen LogP) is 12.0. The first-order valence-corrected chi connectivity index (χ1v) is 31.8. The first-order chi connectivity index (χ1) is 43.3. The number of carbonyl (C=O) groups excluding carboxylic acids is 8. The van der Waals surface area contributed by atoms with Crippen molar-refractivity contribution in [2.24, 2.45) is 0 Å². The van der Waals surface area contributed by atoms with Crippen LogP contribution in [0.25, 0.3) is 42.1 Å². The maximum atomic E-state index is 13.4. The van der Waals surface area contributed by atoms with Crippen LogP contribution in [0.5, 0.6) is 0 Å². The number of hydrogen-bond acceptors (Lipinski definition) is 18. The van der Waals surface area contributed by atoms with E-state index in [9.17, 15) is 47.9 Å². The summed E-state index contributed by atoms with van der Waals surface area (Å²) in [6.45, 7) is 22.1. The molecule has 0 fully saturated rings. The second kappa shape index (κ2) is 26.5. The molecule has 6 aromatic carbocycles. The lowest BCUT2D eigenvalue weighted by molar-refractivity contribution is 0.0749. The highest BCUT2D eigenvalue weighted by Crippen LogP contribution is 2.34. The van der Waals surface area contributed by atoms with Gasteiger partial charge in [0.25, 0.3) is 0 Å². The van der Waals surface area contributed by atoms with Gasteiger partial charge in [-0.1, -0.05) is 12.1 Å². The molecule has 9 rings (SSSR count). The molecule has 0 aliphatic heterocycles. The molecule has 17 nitrogen and oxygen atoms in total. The second-order valence-corrected chi connectivity index (χ2v) is 29.7. The van der Waals surface area contributed by atoms with Crippen LogP contribution in [-0.2, 0) is 0 Å². The highest BCUT2D eigenvalue weighted by molar-refractivity contribution is 7.24. The average Bonchev–Trinajstić information content (AvgIpc) is 0.761. The maximum Gasteiger partial charge on any atom is 0.200 e. The summed E-state index contributed by atoms with van der Waals surface area (Å²) in [5.41, 5.74) is -0.380. The highest BCUT2D eigenvalue weighted by atomic mass is 32.1. The Morgan fingerprint density at radius 1 is 0.287 bits per heavy atom. The van der Waals surface area contributed by atoms with Gasteiger partial charge in [-0.15, -0.1) is 11.3 Å². The fourth-order valence-corrected chi connectivity index (χ4v) is 11.1. The van der Waals surface area contributed by atoms with E-state index < -0.39 is 33.2 Å². The largest absolute Gasteiger partial charge is 0.456 e. The number of nitrogens with zero attached hydrogens (tertiary/aromatic N) is 6. The Labute approximate surface area is 555 Å². The molecule has 2 aromatic heterocycles. The van der Waals surface area contributed by atoms with Crippen LogP contribution in [0.1, 0.15) is 177 Å². The average molecular weight is 1300 g/mol. The Morgan fingerprint density at radius 2 is 0.500 bits per heavy atom. The number of hydrogen-bond donors (Lipinski definition) is 0. The molecule has 496 valence electrons. The fraction of sp³-hybridized carbons (Fsp3) is 0.395. The van der Waals surface area contributed by atoms with E-state index in [0.717, 1.165) is 9.40 Å². The van der Waals surface area contributed by atoms with E-state index in [1.54, 1.807) is 122 Å². The Balaban J connectivity index is 0.000000200. The van der Waals surface area contributed by atoms with E-state index in [2.05, 4.69) is 0 Å². The number of carbonyl (C=O) groups is 8. The maximum absolute atomic E-state index is 13.4. The summed E-state index contributed by atoms with van der Waals surface area (Å²) in [7, 11) is 22.1. The van der Waals surface area contributed by atoms with Crippen molar-refractivity contribution in [2.75, 3.05) is 84.6 Å². The van der Waals surface area contributed by atoms with Crippen molar-refractivity contribution in [3.8, 4) is 0 Å². The zero-order valence-corrected chi connectivity index (χ0v) is 59.8. The van der Waals surface area contributed by atoms with Gasteiger partial charge in [0, 0.05) is 75.8 Å². The molecule has 94 heavy (non-hydrogen) atoms. The van der Waals surface area contributed by atoms with Gasteiger partial charge in [-0.05, 0) is 265 Å². The molecule has 0 spiro atoms. The van der Waals surface area contributed by atoms with Crippen LogP contribution < -0.4 is 10.9 Å². The third-order valence-electron chi connectivity index (χ3n) is 20.0. The Morgan fingerprint density at radius 3 is 0.766 bits per heavy atom. The zero-order valence-electron chi connectivity index (χ0n) is 59.0. The molecule has 0 radical (unpaired) electrons. The molecular formula is C76H90N6O11S. The Hall–Kier alpha value is -8.20. The lowest BCUT2D eigenvalue weighted by Gasteiger charge is -2.31. The van der Waals surface area contributed by atoms with Gasteiger partial charge >= 0.3 is 0 Å². The van der Waals surface area contributed by atoms with E-state index in [1.165, 1.54) is 23.5 Å². The second-order valence-electron chi connectivity index (χ2n) is 28.6. The molecule has 0 bridgehead atoms. The predicted molar refractivity (Wildman–Crippen MR) is 378 cm³/mol. The van der Waals surface area contributed by atoms with Crippen molar-refractivity contribution in [1.29, 1.82) is 0 Å². The lowest BCUT2D eigenvalue weighted by atomic mass is 9.80. The zero-order chi connectivity index (χ0) is 70.8. The van der Waals surface area contributed by atoms with Crippen molar-refractivity contribution < 1.29 is 42.8 Å². The van der Waals surface area contributed by atoms with Gasteiger partial charge in [-0.2, -0.15) is 0 Å². The smallest absolute Gasteiger partial charge is 0.200 e. The minimum atomic E-state index is -0.773. The third kappa shape index (κ3) is 13.6. The Kier molecular flexibility index (Phi) is 20.7. The standard InChI is InChI=1S/C26H30N2O4.C25H30N2O4.C25H30N2O3S/c1-25(2,27(5)6)23(31)15-9-11-17-19(13-15)22(30)20-14-16(10-12-18(20)21(17)29)24(32)26(3,4)28(7)8;2*1-24(2,26(5)6)22(29)15-9-11-19-17(13-15)21(28)18-14-16(10-12-20(18)31-19)23(30)25(3,4)27(7)8/h9-14H,1-8H3;2*9-14H,1-8H3. The Bertz CT molecular complexity index is 4100. The van der Waals surface area contributed by atoms with Gasteiger partial charge in [-0.25, -0.2) is 0 Å². The first-order valence-electron chi connectivity index (χ1n) is 31.0. The molecular weight excluding hydrogens is 1200 g/mol. The van der Waals surface area contributed by atoms with Crippen molar-refractivity contribution in [3.05, 3.63) is 185 Å². The molecule has 18 heteroatoms. The number of Topliss-reactive ketones (excluding diaryl/α,β-unsaturated/α-hetero) is 6. The number of benzene rings is 6. The molecule has 0 N–H and O–H groups in total. The number of ketones is 8. The minimum absolute atomic E-state index is 0.0412. The summed E-state index contributed by atoms with van der Waals surface area (Å²) < 4.78 is 7.57. The van der Waals surface area contributed by atoms with Crippen molar-refractivity contribution in [3.63, 3.8) is 0 Å². The van der Waals surface area contributed by atoms with Gasteiger partial charge in [0.15, 0.2) is 51.7 Å². The topological polar surface area (TPSA) is 203 Å². The monoisotopic (exact) mass is 1290 g/mol. The van der Waals surface area contributed by atoms with Crippen LogP contribution in [0, 0.1) is 0 Å². The van der Waals surface area contributed by atoms with Crippen LogP contribution in [0.15, 0.2) is 123 Å². The van der Waals surface area contributed by atoms with Gasteiger partial charge < -0.3 is 4.42 Å². The first kappa shape index (κ1) is 73.2. The third-order valence-corrected chi connectivity index (χ3v) is 21.1. The molecule has 0 saturated carbocycles. The van der Waals surface area contributed by atoms with E-state index in [-0.39, 0.29) is 79.4 Å². The normalized spacial score (nSPS) is 13.2. The fourth-order valence-electron chi connectivity index (χ4n) is 10.0. The number of rotatable bonds is 18. The van der Waals surface area contributed by atoms with Crippen LogP contribution >= 0.6 is 11.3 Å². The summed E-state index contributed by atoms with van der Waals surface area (Å²) in [4.78, 5) is 142. The number of fused-ring (bicyclic) bond motifs is 6. The highest BCUT2D eigenvalue weighted by Gasteiger charge is 2.39. The summed E-state index contributed by atoms with van der Waals surface area (Å²) >= 11 is 1.49. The molecule has 2 heterocycles. The van der Waals surface area contributed by atoms with Crippen LogP contribution in [0.2, 0.25) is 0 Å². The summed E-state index contributed by atoms with van der Waals surface area (Å²) in [6.07, 6.45) is 0.